The lowest BCUT2D eigenvalue weighted by Crippen LogP contribution is -2.59. The van der Waals surface area contributed by atoms with Gasteiger partial charge < -0.3 is 29.4 Å². The molecular weight excluding hydrogens is 532 g/mol. The number of ether oxygens (including phenoxy) is 1. The molecular formula is C33H48N4O5. The lowest BCUT2D eigenvalue weighted by Gasteiger charge is -2.39. The molecule has 4 rings (SSSR count). The second kappa shape index (κ2) is 12.2. The van der Waals surface area contributed by atoms with Gasteiger partial charge in [0.15, 0.2) is 0 Å². The van der Waals surface area contributed by atoms with E-state index in [9.17, 15) is 19.5 Å². The average molecular weight is 581 g/mol. The smallest absolute Gasteiger partial charge is 0.253 e. The summed E-state index contributed by atoms with van der Waals surface area (Å²) in [7, 11) is 1.70. The van der Waals surface area contributed by atoms with Gasteiger partial charge in [-0.3, -0.25) is 14.4 Å². The van der Waals surface area contributed by atoms with Crippen molar-refractivity contribution in [2.75, 3.05) is 49.6 Å². The summed E-state index contributed by atoms with van der Waals surface area (Å²) in [5.74, 6) is -2.44. The van der Waals surface area contributed by atoms with E-state index in [1.165, 1.54) is 0 Å². The first-order valence-electron chi connectivity index (χ1n) is 15.3. The van der Waals surface area contributed by atoms with Crippen molar-refractivity contribution in [2.24, 2.45) is 17.8 Å². The van der Waals surface area contributed by atoms with Gasteiger partial charge in [0.25, 0.3) is 5.91 Å². The minimum atomic E-state index is -1.19. The molecule has 0 saturated carbocycles. The van der Waals surface area contributed by atoms with Crippen molar-refractivity contribution in [2.45, 2.75) is 70.7 Å². The molecule has 1 N–H and O–H groups in total. The molecule has 0 radical (unpaired) electrons. The van der Waals surface area contributed by atoms with Crippen LogP contribution in [0.5, 0.6) is 0 Å². The molecule has 1 aromatic rings. The number of benzene rings is 1. The predicted molar refractivity (Wildman–Crippen MR) is 165 cm³/mol. The number of carbonyl (C=O) groups is 3. The molecule has 0 aromatic heterocycles. The quantitative estimate of drug-likeness (QED) is 0.359. The Morgan fingerprint density at radius 3 is 2.21 bits per heavy atom. The highest BCUT2D eigenvalue weighted by Crippen LogP contribution is 2.65. The van der Waals surface area contributed by atoms with Crippen LogP contribution in [-0.2, 0) is 19.1 Å². The number of aliphatic hydroxyl groups is 1. The third kappa shape index (κ3) is 4.74. The summed E-state index contributed by atoms with van der Waals surface area (Å²) in [4.78, 5) is 50.2. The van der Waals surface area contributed by atoms with Crippen LogP contribution in [0.15, 0.2) is 49.6 Å². The number of aliphatic hydroxyl groups excluding tert-OH is 1. The fourth-order valence-electron chi connectivity index (χ4n) is 7.69. The molecule has 9 heteroatoms. The van der Waals surface area contributed by atoms with Crippen molar-refractivity contribution in [3.8, 4) is 0 Å². The Morgan fingerprint density at radius 1 is 1.10 bits per heavy atom. The van der Waals surface area contributed by atoms with Crippen LogP contribution in [0.3, 0.4) is 0 Å². The van der Waals surface area contributed by atoms with Gasteiger partial charge in [0, 0.05) is 44.6 Å². The van der Waals surface area contributed by atoms with Crippen molar-refractivity contribution in [3.05, 3.63) is 49.6 Å². The topological polar surface area (TPSA) is 93.6 Å². The van der Waals surface area contributed by atoms with Crippen molar-refractivity contribution >= 4 is 29.1 Å². The third-order valence-electron chi connectivity index (χ3n) is 9.97. The zero-order valence-corrected chi connectivity index (χ0v) is 26.1. The Labute approximate surface area is 250 Å². The zero-order valence-electron chi connectivity index (χ0n) is 26.1. The number of nitrogens with zero attached hydrogens (tertiary/aromatic N) is 4. The van der Waals surface area contributed by atoms with Crippen molar-refractivity contribution in [3.63, 3.8) is 0 Å². The standard InChI is InChI=1S/C33H48N4O5/c1-9-18-34(8)29(39)26-27-30(40)37(23(11-3)21-38)28(33(27)20-22(6)32(26,7)42-33)31(41)36(19-10-2)25-16-14-24(15-17-25)35(12-4)13-5/h9-10,14-17,22-23,26-28,38H,1-2,11-13,18-21H2,3-8H3/t22?,23-,26+,27-,28?,32-,33?/m0/s1. The second-order valence-corrected chi connectivity index (χ2v) is 12.1. The normalized spacial score (nSPS) is 30.2. The molecule has 0 aliphatic carbocycles. The van der Waals surface area contributed by atoms with Crippen LogP contribution in [0.1, 0.15) is 47.5 Å². The van der Waals surface area contributed by atoms with E-state index in [1.807, 2.05) is 45.0 Å². The average Bonchev–Trinajstić information content (AvgIpc) is 3.49. The van der Waals surface area contributed by atoms with Gasteiger partial charge in [0.2, 0.25) is 11.8 Å². The van der Waals surface area contributed by atoms with E-state index < -0.39 is 35.1 Å². The van der Waals surface area contributed by atoms with E-state index in [0.29, 0.717) is 25.1 Å². The molecule has 1 spiro atoms. The molecule has 2 bridgehead atoms. The molecule has 3 saturated heterocycles. The van der Waals surface area contributed by atoms with E-state index in [4.69, 9.17) is 4.74 Å². The molecule has 3 heterocycles. The van der Waals surface area contributed by atoms with E-state index in [1.54, 1.807) is 33.9 Å². The van der Waals surface area contributed by atoms with Crippen LogP contribution in [0.4, 0.5) is 11.4 Å². The molecule has 9 nitrogen and oxygen atoms in total. The van der Waals surface area contributed by atoms with Crippen molar-refractivity contribution in [1.82, 2.24) is 9.80 Å². The molecule has 3 aliphatic heterocycles. The Bertz CT molecular complexity index is 1200. The van der Waals surface area contributed by atoms with Crippen molar-refractivity contribution < 1.29 is 24.2 Å². The molecule has 3 unspecified atom stereocenters. The molecule has 3 fully saturated rings. The lowest BCUT2D eigenvalue weighted by molar-refractivity contribution is -0.153. The molecule has 42 heavy (non-hydrogen) atoms. The largest absolute Gasteiger partial charge is 0.394 e. The Balaban J connectivity index is 1.83. The second-order valence-electron chi connectivity index (χ2n) is 12.1. The summed E-state index contributed by atoms with van der Waals surface area (Å²) in [6.07, 6.45) is 4.24. The number of amides is 3. The number of likely N-dealkylation sites (N-methyl/N-ethyl adjacent to an activating group) is 1. The zero-order chi connectivity index (χ0) is 31.0. The maximum absolute atomic E-state index is 14.8. The Hall–Kier alpha value is -3.17. The van der Waals surface area contributed by atoms with Crippen LogP contribution >= 0.6 is 0 Å². The van der Waals surface area contributed by atoms with Crippen LogP contribution < -0.4 is 9.80 Å². The minimum Gasteiger partial charge on any atom is -0.394 e. The molecule has 7 atom stereocenters. The highest BCUT2D eigenvalue weighted by Gasteiger charge is 2.80. The Morgan fingerprint density at radius 2 is 1.69 bits per heavy atom. The first kappa shape index (κ1) is 31.8. The van der Waals surface area contributed by atoms with Gasteiger partial charge in [0.1, 0.15) is 11.6 Å². The fraction of sp³-hybridized carbons (Fsp3) is 0.606. The number of rotatable bonds is 13. The molecule has 230 valence electrons. The lowest BCUT2D eigenvalue weighted by atomic mass is 9.62. The SMILES string of the molecule is C=CCN(C)C(=O)[C@H]1[C@H]2C(=O)N([C@@H](CC)CO)C(C(=O)N(CC=C)c3ccc(N(CC)CC)cc3)C23CC(C)[C@]1(C)O3. The first-order chi connectivity index (χ1) is 20.0. The minimum absolute atomic E-state index is 0.0710. The third-order valence-corrected chi connectivity index (χ3v) is 9.97. The monoisotopic (exact) mass is 580 g/mol. The van der Waals surface area contributed by atoms with Crippen LogP contribution in [0.25, 0.3) is 0 Å². The van der Waals surface area contributed by atoms with Crippen LogP contribution in [0.2, 0.25) is 0 Å². The summed E-state index contributed by atoms with van der Waals surface area (Å²) in [5, 5.41) is 10.4. The van der Waals surface area contributed by atoms with E-state index in [-0.39, 0.29) is 36.8 Å². The maximum atomic E-state index is 14.8. The van der Waals surface area contributed by atoms with Gasteiger partial charge in [-0.1, -0.05) is 26.0 Å². The molecule has 3 aliphatic rings. The van der Waals surface area contributed by atoms with Gasteiger partial charge in [-0.2, -0.15) is 0 Å². The van der Waals surface area contributed by atoms with Gasteiger partial charge in [-0.15, -0.1) is 13.2 Å². The molecule has 3 amide bonds. The van der Waals surface area contributed by atoms with E-state index >= 15 is 0 Å². The summed E-state index contributed by atoms with van der Waals surface area (Å²) >= 11 is 0. The van der Waals surface area contributed by atoms with E-state index in [0.717, 1.165) is 18.8 Å². The number of hydrogen-bond acceptors (Lipinski definition) is 6. The van der Waals surface area contributed by atoms with Crippen LogP contribution in [-0.4, -0.2) is 95.7 Å². The highest BCUT2D eigenvalue weighted by atomic mass is 16.5. The van der Waals surface area contributed by atoms with Gasteiger partial charge >= 0.3 is 0 Å². The molecule has 1 aromatic carbocycles. The summed E-state index contributed by atoms with van der Waals surface area (Å²) in [6.45, 7) is 19.7. The number of hydrogen-bond donors (Lipinski definition) is 1. The number of likely N-dealkylation sites (tertiary alicyclic amines) is 1. The Kier molecular flexibility index (Phi) is 9.23. The maximum Gasteiger partial charge on any atom is 0.253 e. The van der Waals surface area contributed by atoms with Gasteiger partial charge in [0.05, 0.1) is 30.1 Å². The summed E-state index contributed by atoms with van der Waals surface area (Å²) < 4.78 is 6.87. The summed E-state index contributed by atoms with van der Waals surface area (Å²) in [6, 6.07) is 6.25. The fourth-order valence-corrected chi connectivity index (χ4v) is 7.69. The predicted octanol–water partition coefficient (Wildman–Crippen LogP) is 3.48. The van der Waals surface area contributed by atoms with Gasteiger partial charge in [-0.05, 0) is 63.8 Å². The van der Waals surface area contributed by atoms with Crippen molar-refractivity contribution in [1.29, 1.82) is 0 Å². The van der Waals surface area contributed by atoms with Gasteiger partial charge in [-0.25, -0.2) is 0 Å². The van der Waals surface area contributed by atoms with E-state index in [2.05, 4.69) is 31.9 Å². The number of carbonyl (C=O) groups excluding carboxylic acids is 3. The summed E-state index contributed by atoms with van der Waals surface area (Å²) in [5.41, 5.74) is -0.361. The highest BCUT2D eigenvalue weighted by molar-refractivity contribution is 6.05. The first-order valence-corrected chi connectivity index (χ1v) is 15.3. The van der Waals surface area contributed by atoms with Crippen LogP contribution in [0, 0.1) is 17.8 Å². The number of fused-ring (bicyclic) bond motifs is 1. The number of anilines is 2.